The number of fused-ring (bicyclic) bond motifs is 30. The number of hydrogen-bond donors (Lipinski definition) is 0. The minimum Gasteiger partial charge on any atom is -0.334 e. The average molecular weight is 1920 g/mol. The van der Waals surface area contributed by atoms with Gasteiger partial charge < -0.3 is 28.7 Å². The van der Waals surface area contributed by atoms with E-state index in [1.54, 1.807) is 0 Å². The van der Waals surface area contributed by atoms with Crippen LogP contribution in [0.2, 0.25) is 0 Å². The van der Waals surface area contributed by atoms with E-state index in [2.05, 4.69) is 464 Å². The third-order valence-electron chi connectivity index (χ3n) is 37.9. The van der Waals surface area contributed by atoms with Crippen molar-refractivity contribution in [2.45, 2.75) is 297 Å². The number of anilines is 10. The number of rotatable bonds is 4. The lowest BCUT2D eigenvalue weighted by molar-refractivity contribution is 0.195. The van der Waals surface area contributed by atoms with Crippen LogP contribution < -0.4 is 52.4 Å². The lowest BCUT2D eigenvalue weighted by atomic mass is 9.33. The third kappa shape index (κ3) is 12.0. The summed E-state index contributed by atoms with van der Waals surface area (Å²) in [6.07, 6.45) is 9.62. The van der Waals surface area contributed by atoms with Gasteiger partial charge in [0.05, 0.1) is 38.5 Å². The summed E-state index contributed by atoms with van der Waals surface area (Å²) in [5.74, 6) is 0. The molecule has 2 fully saturated rings. The van der Waals surface area contributed by atoms with Crippen LogP contribution in [0.25, 0.3) is 96.0 Å². The molecule has 18 aromatic rings. The van der Waals surface area contributed by atoms with Gasteiger partial charge in [-0.2, -0.15) is 0 Å². The van der Waals surface area contributed by atoms with Crippen molar-refractivity contribution in [1.29, 1.82) is 0 Å². The van der Waals surface area contributed by atoms with Crippen LogP contribution in [0.5, 0.6) is 0 Å². The van der Waals surface area contributed by atoms with Gasteiger partial charge >= 0.3 is 0 Å². The van der Waals surface area contributed by atoms with Crippen molar-refractivity contribution < 1.29 is 0 Å². The Hall–Kier alpha value is -12.1. The second-order valence-corrected chi connectivity index (χ2v) is 55.2. The summed E-state index contributed by atoms with van der Waals surface area (Å²) in [6, 6.07) is 102. The molecule has 0 spiro atoms. The summed E-state index contributed by atoms with van der Waals surface area (Å²) in [6.45, 7) is 63.4. The van der Waals surface area contributed by atoms with E-state index in [-0.39, 0.29) is 78.7 Å². The molecule has 6 nitrogen and oxygen atoms in total. The molecule has 720 valence electrons. The summed E-state index contributed by atoms with van der Waals surface area (Å²) >= 11 is 3.86. The van der Waals surface area contributed by atoms with Crippen LogP contribution in [0.3, 0.4) is 0 Å². The standard InChI is InChI=1S/2C67H68BN3S/c1-62(2,3)39-28-30-51-48(34-39)66(12)31-18-19-32-67(66,13)71(51)42-37-54-58-55(38-42)70-59-46(57-60(70)45-22-14-16-24-47(45)65(57,10)11)33-41(64(7,8)9)35-50(59)68(58)49-29-27-40(63(4,5)6)36-53(49)69(54)52-25-20-23-44-43-21-15-17-26-56(43)72-61(44)52;1-62(2,3)39-28-30-50-47(34-39)66(12)31-18-19-32-67(66,13)71(50)42-37-53-59-54(38-42)70-60-45(58-61(70)43-21-14-16-23-46(43)65(58,10)11)33-41(64(7,8)9)35-49(60)68(59)48-29-27-40(63(4,5)6)36-52(48)69(53)51-24-20-26-56-57(51)44-22-15-17-25-55(44)72-56/h2*14-17,20-30,33-38H,18-19,31-32H2,1-13H3. The highest BCUT2D eigenvalue weighted by Crippen LogP contribution is 2.67. The Kier molecular flexibility index (Phi) is 18.5. The van der Waals surface area contributed by atoms with Crippen LogP contribution in [0.1, 0.15) is 298 Å². The Labute approximate surface area is 862 Å². The Bertz CT molecular complexity index is 8720. The number of thiophene rings is 2. The SMILES string of the molecule is CC(C)(C)c1ccc2c(c1)N(c1cccc3c1sc1ccccc13)c1cc(N3c4ccc(C(C)(C)C)cc4C4(C)CCCCC34C)cc3c1B2c1cc(C(C)(C)C)cc2c4c(n-3c12)-c1ccccc1C4(C)C.CC(C)(C)c1ccc2c(c1)N(c1cccc3sc4ccccc4c13)c1cc(N3c4ccc(C(C)(C)C)cc4C4(C)CCCCC34C)cc3c1B2c1cc(C(C)(C)C)cc2c4c(n-3c12)-c1ccccc1C4(C)C. The quantitative estimate of drug-likeness (QED) is 0.164. The van der Waals surface area contributed by atoms with Crippen molar-refractivity contribution in [3.05, 3.63) is 322 Å². The zero-order valence-corrected chi connectivity index (χ0v) is 91.2. The third-order valence-corrected chi connectivity index (χ3v) is 40.2. The van der Waals surface area contributed by atoms with Gasteiger partial charge in [0.15, 0.2) is 0 Å². The fourth-order valence-electron chi connectivity index (χ4n) is 29.7. The molecule has 0 N–H and O–H groups in total. The molecule has 2 saturated carbocycles. The van der Waals surface area contributed by atoms with Crippen LogP contribution in [0.15, 0.2) is 255 Å². The normalized spacial score (nSPS) is 20.5. The van der Waals surface area contributed by atoms with Crippen molar-refractivity contribution in [2.75, 3.05) is 19.6 Å². The Morgan fingerprint density at radius 1 is 0.271 bits per heavy atom. The first-order valence-electron chi connectivity index (χ1n) is 53.9. The predicted molar refractivity (Wildman–Crippen MR) is 624 cm³/mol. The molecule has 14 aromatic carbocycles. The smallest absolute Gasteiger partial charge is 0.252 e. The Morgan fingerprint density at radius 2 is 0.646 bits per heavy atom. The molecule has 0 bridgehead atoms. The molecular formula is C134H136B2N6S2. The minimum absolute atomic E-state index is 0.0177. The molecule has 144 heavy (non-hydrogen) atoms. The minimum atomic E-state index is -0.193. The summed E-state index contributed by atoms with van der Waals surface area (Å²) in [4.78, 5) is 11.2. The van der Waals surface area contributed by atoms with Crippen molar-refractivity contribution >= 4 is 188 Å². The summed E-state index contributed by atoms with van der Waals surface area (Å²) in [5, 5.41) is 8.13. The van der Waals surface area contributed by atoms with Crippen LogP contribution in [-0.4, -0.2) is 33.6 Å². The number of aromatic nitrogens is 2. The first-order chi connectivity index (χ1) is 68.2. The van der Waals surface area contributed by atoms with Crippen molar-refractivity contribution in [3.63, 3.8) is 0 Å². The monoisotopic (exact) mass is 1920 g/mol. The summed E-state index contributed by atoms with van der Waals surface area (Å²) in [5.41, 5.74) is 48.7. The van der Waals surface area contributed by atoms with Gasteiger partial charge in [-0.05, 0) is 263 Å². The Balaban J connectivity index is 0.000000143. The summed E-state index contributed by atoms with van der Waals surface area (Å²) < 4.78 is 10.9. The van der Waals surface area contributed by atoms with Gasteiger partial charge in [0.1, 0.15) is 0 Å². The Morgan fingerprint density at radius 3 is 1.11 bits per heavy atom. The van der Waals surface area contributed by atoms with E-state index < -0.39 is 0 Å². The maximum atomic E-state index is 2.86. The largest absolute Gasteiger partial charge is 0.334 e. The van der Waals surface area contributed by atoms with Gasteiger partial charge in [0.2, 0.25) is 0 Å². The zero-order valence-electron chi connectivity index (χ0n) is 89.6. The average Bonchev–Trinajstić information content (AvgIpc) is 1.47. The highest BCUT2D eigenvalue weighted by molar-refractivity contribution is 7.26. The van der Waals surface area contributed by atoms with Crippen molar-refractivity contribution in [3.8, 4) is 33.9 Å². The highest BCUT2D eigenvalue weighted by Gasteiger charge is 2.62. The van der Waals surface area contributed by atoms with E-state index in [4.69, 9.17) is 0 Å². The maximum Gasteiger partial charge on any atom is 0.252 e. The molecule has 0 saturated heterocycles. The van der Waals surface area contributed by atoms with E-state index in [0.717, 1.165) is 12.8 Å². The molecule has 4 aliphatic carbocycles. The van der Waals surface area contributed by atoms with E-state index in [0.29, 0.717) is 0 Å². The van der Waals surface area contributed by atoms with E-state index in [1.807, 2.05) is 22.7 Å². The van der Waals surface area contributed by atoms with E-state index >= 15 is 0 Å². The fraction of sp³-hybridized carbons (Fsp3) is 0.343. The molecule has 10 heterocycles. The second kappa shape index (κ2) is 29.5. The van der Waals surface area contributed by atoms with Crippen LogP contribution in [-0.2, 0) is 54.1 Å². The van der Waals surface area contributed by atoms with E-state index in [9.17, 15) is 0 Å². The molecule has 6 aliphatic heterocycles. The highest BCUT2D eigenvalue weighted by atomic mass is 32.1. The van der Waals surface area contributed by atoms with Gasteiger partial charge in [-0.15, -0.1) is 22.7 Å². The molecular weight excluding hydrogens is 1780 g/mol. The lowest BCUT2D eigenvalue weighted by Gasteiger charge is -2.51. The van der Waals surface area contributed by atoms with Crippen LogP contribution in [0.4, 0.5) is 56.9 Å². The van der Waals surface area contributed by atoms with Crippen molar-refractivity contribution in [1.82, 2.24) is 9.13 Å². The molecule has 0 radical (unpaired) electrons. The molecule has 0 amide bonds. The molecule has 4 atom stereocenters. The first kappa shape index (κ1) is 90.7. The molecule has 28 rings (SSSR count). The van der Waals surface area contributed by atoms with Gasteiger partial charge in [-0.3, -0.25) is 0 Å². The number of nitrogens with zero attached hydrogens (tertiary/aromatic N) is 6. The van der Waals surface area contributed by atoms with Gasteiger partial charge in [-0.25, -0.2) is 0 Å². The number of hydrogen-bond acceptors (Lipinski definition) is 6. The molecule has 4 aromatic heterocycles. The van der Waals surface area contributed by atoms with Crippen molar-refractivity contribution in [2.24, 2.45) is 0 Å². The maximum absolute atomic E-state index is 2.86. The lowest BCUT2D eigenvalue weighted by Crippen LogP contribution is -2.61. The van der Waals surface area contributed by atoms with Gasteiger partial charge in [0, 0.05) is 147 Å². The van der Waals surface area contributed by atoms with Crippen LogP contribution in [0, 0.1) is 0 Å². The first-order valence-corrected chi connectivity index (χ1v) is 55.5. The second-order valence-electron chi connectivity index (χ2n) is 53.0. The van der Waals surface area contributed by atoms with Gasteiger partial charge in [0.25, 0.3) is 13.4 Å². The topological polar surface area (TPSA) is 22.8 Å². The molecule has 10 aliphatic rings. The predicted octanol–water partition coefficient (Wildman–Crippen LogP) is 33.1. The molecule has 4 unspecified atom stereocenters. The van der Waals surface area contributed by atoms with E-state index in [1.165, 1.54) is 291 Å². The molecule has 10 heteroatoms. The zero-order chi connectivity index (χ0) is 99.9. The van der Waals surface area contributed by atoms with Gasteiger partial charge in [-0.1, -0.05) is 356 Å². The van der Waals surface area contributed by atoms with Crippen LogP contribution >= 0.6 is 22.7 Å². The number of benzene rings is 14. The summed E-state index contributed by atoms with van der Waals surface area (Å²) in [7, 11) is 0. The fourth-order valence-corrected chi connectivity index (χ4v) is 32.0.